The highest BCUT2D eigenvalue weighted by atomic mass is 28.4. The van der Waals surface area contributed by atoms with Gasteiger partial charge in [-0.3, -0.25) is 10.2 Å². The molecule has 3 heterocycles. The number of hydrogen-bond acceptors (Lipinski definition) is 9. The lowest BCUT2D eigenvalue weighted by molar-refractivity contribution is -0.109. The molecule has 0 fully saturated rings. The Morgan fingerprint density at radius 3 is 2.54 bits per heavy atom. The molecule has 1 aliphatic heterocycles. The molecule has 0 aromatic carbocycles. The lowest BCUT2D eigenvalue weighted by Crippen LogP contribution is -2.42. The highest BCUT2D eigenvalue weighted by Gasteiger charge is 2.40. The number of fused-ring (bicyclic) bond motifs is 1. The maximum absolute atomic E-state index is 13.5. The van der Waals surface area contributed by atoms with Gasteiger partial charge in [0, 0.05) is 52.2 Å². The molecule has 2 aromatic rings. The van der Waals surface area contributed by atoms with E-state index in [1.54, 1.807) is 32.3 Å². The standard InChI is InChI=1S/C29H44N6O5Si/c1-19(40-41(8,9)29(2,3)4)22-15-20-11-10-13-35(26(20)34-25(22)27(38-6)39-7)28(36)33-24-16-23(31-12-14-37-5)21(17-30)18-32-24/h15-16,18-19,27H,10-14H2,1-9H3,(H2,31,32,33,36). The normalized spacial score (nSPS) is 14.4. The number of carbonyl (C=O) groups excluding carboxylic acids is 1. The average Bonchev–Trinajstić information content (AvgIpc) is 2.92. The van der Waals surface area contributed by atoms with Crippen LogP contribution < -0.4 is 15.5 Å². The van der Waals surface area contributed by atoms with Gasteiger partial charge in [0.25, 0.3) is 0 Å². The minimum atomic E-state index is -2.08. The van der Waals surface area contributed by atoms with Crippen molar-refractivity contribution in [1.29, 1.82) is 5.26 Å². The molecule has 1 atom stereocenters. The van der Waals surface area contributed by atoms with Crippen molar-refractivity contribution in [3.63, 3.8) is 0 Å². The first-order valence-electron chi connectivity index (χ1n) is 13.9. The molecule has 1 unspecified atom stereocenters. The molecule has 0 bridgehead atoms. The number of aryl methyl sites for hydroxylation is 1. The Labute approximate surface area is 244 Å². The summed E-state index contributed by atoms with van der Waals surface area (Å²) in [5, 5.41) is 15.5. The number of nitrogens with zero attached hydrogens (tertiary/aromatic N) is 4. The van der Waals surface area contributed by atoms with Gasteiger partial charge in [-0.1, -0.05) is 20.8 Å². The molecular formula is C29H44N6O5Si. The molecule has 3 rings (SSSR count). The van der Waals surface area contributed by atoms with Gasteiger partial charge in [-0.25, -0.2) is 14.8 Å². The number of anilines is 3. The summed E-state index contributed by atoms with van der Waals surface area (Å²) < 4.78 is 23.1. The van der Waals surface area contributed by atoms with Gasteiger partial charge in [0.2, 0.25) is 6.29 Å². The number of pyridine rings is 2. The molecule has 2 amide bonds. The predicted octanol–water partition coefficient (Wildman–Crippen LogP) is 5.77. The van der Waals surface area contributed by atoms with Crippen molar-refractivity contribution in [2.75, 3.05) is 56.6 Å². The number of aromatic nitrogens is 2. The van der Waals surface area contributed by atoms with E-state index in [9.17, 15) is 10.1 Å². The van der Waals surface area contributed by atoms with Crippen molar-refractivity contribution in [2.45, 2.75) is 71.1 Å². The third-order valence-electron chi connectivity index (χ3n) is 7.72. The Kier molecular flexibility index (Phi) is 10.9. The highest BCUT2D eigenvalue weighted by Crippen LogP contribution is 2.42. The summed E-state index contributed by atoms with van der Waals surface area (Å²) in [5.41, 5.74) is 3.38. The Balaban J connectivity index is 1.95. The zero-order valence-corrected chi connectivity index (χ0v) is 26.8. The van der Waals surface area contributed by atoms with Crippen LogP contribution in [0.15, 0.2) is 18.3 Å². The number of ether oxygens (including phenoxy) is 3. The van der Waals surface area contributed by atoms with Crippen molar-refractivity contribution < 1.29 is 23.4 Å². The van der Waals surface area contributed by atoms with Crippen molar-refractivity contribution in [1.82, 2.24) is 9.97 Å². The fourth-order valence-corrected chi connectivity index (χ4v) is 5.83. The Morgan fingerprint density at radius 1 is 1.22 bits per heavy atom. The lowest BCUT2D eigenvalue weighted by atomic mass is 9.99. The highest BCUT2D eigenvalue weighted by molar-refractivity contribution is 6.74. The smallest absolute Gasteiger partial charge is 0.328 e. The van der Waals surface area contributed by atoms with Gasteiger partial charge in [0.1, 0.15) is 23.4 Å². The van der Waals surface area contributed by atoms with Gasteiger partial charge in [-0.05, 0) is 49.5 Å². The van der Waals surface area contributed by atoms with E-state index in [2.05, 4.69) is 61.6 Å². The number of methoxy groups -OCH3 is 3. The van der Waals surface area contributed by atoms with Gasteiger partial charge < -0.3 is 24.0 Å². The summed E-state index contributed by atoms with van der Waals surface area (Å²) in [6, 6.07) is 5.47. The first-order chi connectivity index (χ1) is 19.4. The molecular weight excluding hydrogens is 540 g/mol. The Morgan fingerprint density at radius 2 is 1.93 bits per heavy atom. The monoisotopic (exact) mass is 584 g/mol. The Hall–Kier alpha value is -3.08. The van der Waals surface area contributed by atoms with Crippen LogP contribution in [0.1, 0.15) is 68.9 Å². The van der Waals surface area contributed by atoms with E-state index in [1.165, 1.54) is 6.20 Å². The molecule has 1 aliphatic rings. The molecule has 0 aliphatic carbocycles. The van der Waals surface area contributed by atoms with E-state index < -0.39 is 14.6 Å². The lowest BCUT2D eigenvalue weighted by Gasteiger charge is -2.39. The minimum absolute atomic E-state index is 0.0402. The molecule has 0 saturated carbocycles. The third-order valence-corrected chi connectivity index (χ3v) is 12.3. The van der Waals surface area contributed by atoms with E-state index in [-0.39, 0.29) is 17.2 Å². The summed E-state index contributed by atoms with van der Waals surface area (Å²) >= 11 is 0. The molecule has 41 heavy (non-hydrogen) atoms. The quantitative estimate of drug-likeness (QED) is 0.192. The van der Waals surface area contributed by atoms with Crippen LogP contribution in [-0.4, -0.2) is 65.3 Å². The minimum Gasteiger partial charge on any atom is -0.410 e. The average molecular weight is 585 g/mol. The number of urea groups is 1. The first kappa shape index (κ1) is 32.4. The second-order valence-electron chi connectivity index (χ2n) is 11.6. The zero-order valence-electron chi connectivity index (χ0n) is 25.8. The van der Waals surface area contributed by atoms with Gasteiger partial charge in [-0.2, -0.15) is 5.26 Å². The summed E-state index contributed by atoms with van der Waals surface area (Å²) in [6.45, 7) is 14.6. The number of carbonyl (C=O) groups is 1. The second kappa shape index (κ2) is 13.7. The Bertz CT molecular complexity index is 1260. The van der Waals surface area contributed by atoms with Gasteiger partial charge in [0.15, 0.2) is 8.32 Å². The second-order valence-corrected chi connectivity index (χ2v) is 16.4. The maximum atomic E-state index is 13.5. The van der Waals surface area contributed by atoms with Crippen LogP contribution in [0.5, 0.6) is 0 Å². The predicted molar refractivity (Wildman–Crippen MR) is 162 cm³/mol. The number of nitriles is 1. The van der Waals surface area contributed by atoms with Crippen LogP contribution in [0.2, 0.25) is 18.1 Å². The topological polar surface area (TPSA) is 131 Å². The molecule has 2 N–H and O–H groups in total. The fraction of sp³-hybridized carbons (Fsp3) is 0.586. The van der Waals surface area contributed by atoms with E-state index in [0.717, 1.165) is 24.0 Å². The fourth-order valence-electron chi connectivity index (χ4n) is 4.47. The van der Waals surface area contributed by atoms with E-state index in [1.807, 2.05) is 6.92 Å². The number of rotatable bonds is 11. The first-order valence-corrected chi connectivity index (χ1v) is 16.8. The van der Waals surface area contributed by atoms with Crippen LogP contribution in [0.3, 0.4) is 0 Å². The van der Waals surface area contributed by atoms with Crippen molar-refractivity contribution in [3.05, 3.63) is 40.7 Å². The number of hydrogen-bond donors (Lipinski definition) is 2. The van der Waals surface area contributed by atoms with Crippen LogP contribution >= 0.6 is 0 Å². The molecule has 0 radical (unpaired) electrons. The molecule has 0 saturated heterocycles. The molecule has 12 heteroatoms. The van der Waals surface area contributed by atoms with Crippen LogP contribution in [0, 0.1) is 11.3 Å². The summed E-state index contributed by atoms with van der Waals surface area (Å²) in [7, 11) is 2.65. The molecule has 0 spiro atoms. The maximum Gasteiger partial charge on any atom is 0.328 e. The summed E-state index contributed by atoms with van der Waals surface area (Å²) in [5.74, 6) is 0.874. The van der Waals surface area contributed by atoms with Crippen LogP contribution in [0.4, 0.5) is 22.1 Å². The number of amides is 2. The summed E-state index contributed by atoms with van der Waals surface area (Å²) in [4.78, 5) is 24.4. The van der Waals surface area contributed by atoms with Gasteiger partial charge >= 0.3 is 6.03 Å². The van der Waals surface area contributed by atoms with Gasteiger partial charge in [0.05, 0.1) is 24.0 Å². The van der Waals surface area contributed by atoms with E-state index in [4.69, 9.17) is 23.6 Å². The largest absolute Gasteiger partial charge is 0.410 e. The van der Waals surface area contributed by atoms with E-state index in [0.29, 0.717) is 48.3 Å². The zero-order chi connectivity index (χ0) is 30.4. The summed E-state index contributed by atoms with van der Waals surface area (Å²) in [6.07, 6.45) is 2.02. The van der Waals surface area contributed by atoms with Crippen molar-refractivity contribution in [3.8, 4) is 6.07 Å². The third kappa shape index (κ3) is 7.61. The van der Waals surface area contributed by atoms with Crippen LogP contribution in [0.25, 0.3) is 0 Å². The molecule has 11 nitrogen and oxygen atoms in total. The molecule has 224 valence electrons. The number of nitrogens with one attached hydrogen (secondary N) is 2. The van der Waals surface area contributed by atoms with E-state index >= 15 is 0 Å². The van der Waals surface area contributed by atoms with Crippen molar-refractivity contribution in [2.24, 2.45) is 0 Å². The van der Waals surface area contributed by atoms with Gasteiger partial charge in [-0.15, -0.1) is 0 Å². The van der Waals surface area contributed by atoms with Crippen molar-refractivity contribution >= 4 is 31.7 Å². The SMILES string of the molecule is COCCNc1cc(NC(=O)N2CCCc3cc(C(C)O[Si](C)(C)C(C)(C)C)c(C(OC)OC)nc32)ncc1C#N. The molecule has 2 aromatic heterocycles. The van der Waals surface area contributed by atoms with Crippen LogP contribution in [-0.2, 0) is 25.1 Å².